The number of alkyl halides is 3. The van der Waals surface area contributed by atoms with E-state index in [4.69, 9.17) is 0 Å². The fraction of sp³-hybridized carbons (Fsp3) is 0.500. The number of amides is 2. The molecular weight excluding hydrogens is 428 g/mol. The van der Waals surface area contributed by atoms with Gasteiger partial charge in [0.1, 0.15) is 11.6 Å². The lowest BCUT2D eigenvalue weighted by atomic mass is 10.0. The van der Waals surface area contributed by atoms with Crippen LogP contribution >= 0.6 is 0 Å². The molecule has 1 aromatic carbocycles. The van der Waals surface area contributed by atoms with Gasteiger partial charge in [-0.15, -0.1) is 0 Å². The number of hydrogen-bond acceptors (Lipinski definition) is 4. The van der Waals surface area contributed by atoms with Gasteiger partial charge in [-0.1, -0.05) is 19.4 Å². The SMILES string of the molecule is CC[C@@H](CO)Cc1ncc2c(n1)CN(C(=O)N[C@H](C)c1ccc(C(F)(F)F)c(F)c1)CC2. The second-order valence-electron chi connectivity index (χ2n) is 8.00. The number of aromatic nitrogens is 2. The van der Waals surface area contributed by atoms with Gasteiger partial charge in [0.15, 0.2) is 0 Å². The molecular formula is C22H26F4N4O2. The molecule has 0 saturated carbocycles. The Labute approximate surface area is 183 Å². The largest absolute Gasteiger partial charge is 0.419 e. The highest BCUT2D eigenvalue weighted by molar-refractivity contribution is 5.75. The summed E-state index contributed by atoms with van der Waals surface area (Å²) in [5, 5.41) is 12.1. The van der Waals surface area contributed by atoms with Crippen LogP contribution in [0.15, 0.2) is 24.4 Å². The van der Waals surface area contributed by atoms with Gasteiger partial charge in [0.2, 0.25) is 0 Å². The summed E-state index contributed by atoms with van der Waals surface area (Å²) >= 11 is 0. The third-order valence-electron chi connectivity index (χ3n) is 5.73. The maximum Gasteiger partial charge on any atom is 0.419 e. The highest BCUT2D eigenvalue weighted by Gasteiger charge is 2.34. The summed E-state index contributed by atoms with van der Waals surface area (Å²) in [6, 6.07) is 1.54. The Hall–Kier alpha value is -2.75. The molecule has 0 fully saturated rings. The number of nitrogens with one attached hydrogen (secondary N) is 1. The van der Waals surface area contributed by atoms with E-state index in [1.165, 1.54) is 0 Å². The van der Waals surface area contributed by atoms with E-state index in [1.54, 1.807) is 18.0 Å². The number of rotatable bonds is 6. The van der Waals surface area contributed by atoms with Gasteiger partial charge >= 0.3 is 12.2 Å². The normalized spacial score (nSPS) is 15.8. The molecule has 10 heteroatoms. The second-order valence-corrected chi connectivity index (χ2v) is 8.00. The van der Waals surface area contributed by atoms with Gasteiger partial charge in [0.25, 0.3) is 0 Å². The molecule has 6 nitrogen and oxygen atoms in total. The van der Waals surface area contributed by atoms with E-state index in [2.05, 4.69) is 15.3 Å². The van der Waals surface area contributed by atoms with Crippen LogP contribution in [0, 0.1) is 11.7 Å². The molecule has 3 rings (SSSR count). The summed E-state index contributed by atoms with van der Waals surface area (Å²) in [7, 11) is 0. The quantitative estimate of drug-likeness (QED) is 0.647. The molecule has 1 aromatic heterocycles. The zero-order valence-corrected chi connectivity index (χ0v) is 17.9. The van der Waals surface area contributed by atoms with E-state index in [-0.39, 0.29) is 24.6 Å². The van der Waals surface area contributed by atoms with Crippen molar-refractivity contribution in [1.82, 2.24) is 20.2 Å². The Bertz CT molecular complexity index is 963. The maximum absolute atomic E-state index is 13.9. The number of aliphatic hydroxyl groups excluding tert-OH is 1. The lowest BCUT2D eigenvalue weighted by Crippen LogP contribution is -2.44. The van der Waals surface area contributed by atoms with Crippen molar-refractivity contribution in [2.45, 2.75) is 51.9 Å². The molecule has 0 aliphatic carbocycles. The first-order valence-electron chi connectivity index (χ1n) is 10.5. The van der Waals surface area contributed by atoms with Gasteiger partial charge in [0, 0.05) is 25.8 Å². The summed E-state index contributed by atoms with van der Waals surface area (Å²) in [5.74, 6) is -0.693. The van der Waals surface area contributed by atoms with E-state index in [0.29, 0.717) is 31.3 Å². The van der Waals surface area contributed by atoms with Crippen LogP contribution in [0.2, 0.25) is 0 Å². The molecule has 2 aromatic rings. The van der Waals surface area contributed by atoms with Gasteiger partial charge in [0.05, 0.1) is 23.8 Å². The third kappa shape index (κ3) is 5.53. The van der Waals surface area contributed by atoms with Gasteiger partial charge in [-0.05, 0) is 42.5 Å². The molecule has 0 unspecified atom stereocenters. The summed E-state index contributed by atoms with van der Waals surface area (Å²) in [5.41, 5.74) is 0.583. The zero-order valence-electron chi connectivity index (χ0n) is 17.9. The highest BCUT2D eigenvalue weighted by Crippen LogP contribution is 2.32. The average molecular weight is 454 g/mol. The van der Waals surface area contributed by atoms with Gasteiger partial charge < -0.3 is 15.3 Å². The molecule has 0 spiro atoms. The second kappa shape index (κ2) is 9.81. The Balaban J connectivity index is 1.66. The number of halogens is 4. The van der Waals surface area contributed by atoms with Crippen molar-refractivity contribution in [2.75, 3.05) is 13.2 Å². The van der Waals surface area contributed by atoms with Crippen molar-refractivity contribution >= 4 is 6.03 Å². The molecule has 0 bridgehead atoms. The molecule has 0 saturated heterocycles. The van der Waals surface area contributed by atoms with Crippen LogP contribution < -0.4 is 5.32 Å². The smallest absolute Gasteiger partial charge is 0.396 e. The van der Waals surface area contributed by atoms with Crippen molar-refractivity contribution in [2.24, 2.45) is 5.92 Å². The number of nitrogens with zero attached hydrogens (tertiary/aromatic N) is 3. The minimum absolute atomic E-state index is 0.0495. The van der Waals surface area contributed by atoms with Crippen molar-refractivity contribution < 1.29 is 27.5 Å². The Morgan fingerprint density at radius 2 is 2.09 bits per heavy atom. The monoisotopic (exact) mass is 454 g/mol. The number of hydrogen-bond donors (Lipinski definition) is 2. The Morgan fingerprint density at radius 3 is 2.72 bits per heavy atom. The van der Waals surface area contributed by atoms with Gasteiger partial charge in [-0.3, -0.25) is 0 Å². The van der Waals surface area contributed by atoms with Crippen molar-refractivity contribution in [1.29, 1.82) is 0 Å². The van der Waals surface area contributed by atoms with Crippen molar-refractivity contribution in [3.63, 3.8) is 0 Å². The molecule has 2 atom stereocenters. The molecule has 2 heterocycles. The predicted molar refractivity (Wildman–Crippen MR) is 109 cm³/mol. The molecule has 32 heavy (non-hydrogen) atoms. The molecule has 1 aliphatic heterocycles. The fourth-order valence-corrected chi connectivity index (χ4v) is 3.60. The van der Waals surface area contributed by atoms with Crippen LogP contribution in [-0.4, -0.2) is 39.2 Å². The maximum atomic E-state index is 13.9. The summed E-state index contributed by atoms with van der Waals surface area (Å²) in [6.07, 6.45) is -1.10. The summed E-state index contributed by atoms with van der Waals surface area (Å²) in [6.45, 7) is 4.31. The first kappa shape index (κ1) is 23.9. The third-order valence-corrected chi connectivity index (χ3v) is 5.73. The first-order chi connectivity index (χ1) is 15.1. The zero-order chi connectivity index (χ0) is 23.5. The van der Waals surface area contributed by atoms with Crippen LogP contribution in [0.25, 0.3) is 0 Å². The lowest BCUT2D eigenvalue weighted by Gasteiger charge is -2.29. The number of carbonyl (C=O) groups is 1. The number of fused-ring (bicyclic) bond motifs is 1. The van der Waals surface area contributed by atoms with E-state index in [1.807, 2.05) is 6.92 Å². The summed E-state index contributed by atoms with van der Waals surface area (Å²) < 4.78 is 52.1. The van der Waals surface area contributed by atoms with Crippen LogP contribution in [0.5, 0.6) is 0 Å². The van der Waals surface area contributed by atoms with E-state index in [9.17, 15) is 27.5 Å². The first-order valence-corrected chi connectivity index (χ1v) is 10.5. The Kier molecular flexibility index (Phi) is 7.33. The number of benzene rings is 1. The number of carbonyl (C=O) groups excluding carboxylic acids is 1. The molecule has 1 aliphatic rings. The number of urea groups is 1. The van der Waals surface area contributed by atoms with Crippen LogP contribution in [0.3, 0.4) is 0 Å². The standard InChI is InChI=1S/C22H26F4N4O2/c1-3-14(12-31)8-20-27-10-16-6-7-30(11-19(16)29-20)21(32)28-13(2)15-4-5-17(18(23)9-15)22(24,25)26/h4-5,9-10,13-14,31H,3,6-8,11-12H2,1-2H3,(H,28,32)/t13-,14-/m1/s1. The van der Waals surface area contributed by atoms with Gasteiger partial charge in [-0.25, -0.2) is 19.2 Å². The molecule has 0 radical (unpaired) electrons. The minimum atomic E-state index is -4.77. The summed E-state index contributed by atoms with van der Waals surface area (Å²) in [4.78, 5) is 23.2. The molecule has 174 valence electrons. The Morgan fingerprint density at radius 1 is 1.34 bits per heavy atom. The minimum Gasteiger partial charge on any atom is -0.396 e. The average Bonchev–Trinajstić information content (AvgIpc) is 2.75. The number of aliphatic hydroxyl groups is 1. The predicted octanol–water partition coefficient (Wildman–Crippen LogP) is 4.02. The van der Waals surface area contributed by atoms with E-state index in [0.717, 1.165) is 29.8 Å². The molecule has 2 N–H and O–H groups in total. The lowest BCUT2D eigenvalue weighted by molar-refractivity contribution is -0.140. The van der Waals surface area contributed by atoms with Crippen LogP contribution in [-0.2, 0) is 25.6 Å². The topological polar surface area (TPSA) is 78.4 Å². The van der Waals surface area contributed by atoms with Crippen LogP contribution in [0.1, 0.15) is 54.5 Å². The van der Waals surface area contributed by atoms with E-state index < -0.39 is 29.6 Å². The molecule has 2 amide bonds. The highest BCUT2D eigenvalue weighted by atomic mass is 19.4. The fourth-order valence-electron chi connectivity index (χ4n) is 3.60. The van der Waals surface area contributed by atoms with Crippen LogP contribution in [0.4, 0.5) is 22.4 Å². The van der Waals surface area contributed by atoms with E-state index >= 15 is 0 Å². The van der Waals surface area contributed by atoms with Crippen molar-refractivity contribution in [3.8, 4) is 0 Å². The van der Waals surface area contributed by atoms with Crippen molar-refractivity contribution in [3.05, 3.63) is 58.4 Å². The van der Waals surface area contributed by atoms with Gasteiger partial charge in [-0.2, -0.15) is 13.2 Å².